The Morgan fingerprint density at radius 1 is 1.19 bits per heavy atom. The third-order valence-corrected chi connectivity index (χ3v) is 5.50. The maximum Gasteiger partial charge on any atom is 0.306 e. The fourth-order valence-electron chi connectivity index (χ4n) is 3.13. The van der Waals surface area contributed by atoms with Gasteiger partial charge in [-0.15, -0.1) is 0 Å². The molecule has 4 rings (SSSR count). The van der Waals surface area contributed by atoms with Crippen LogP contribution < -0.4 is 5.32 Å². The van der Waals surface area contributed by atoms with Crippen LogP contribution in [0.15, 0.2) is 53.8 Å². The minimum Gasteiger partial charge on any atom is -0.469 e. The summed E-state index contributed by atoms with van der Waals surface area (Å²) < 4.78 is 4.66. The molecule has 6 heteroatoms. The fourth-order valence-corrected chi connectivity index (χ4v) is 3.88. The number of fused-ring (bicyclic) bond motifs is 1. The number of thioether (sulfide) groups is 1. The lowest BCUT2D eigenvalue weighted by Crippen LogP contribution is -2.02. The molecule has 0 bridgehead atoms. The molecule has 0 spiro atoms. The number of rotatable bonds is 7. The van der Waals surface area contributed by atoms with Crippen LogP contribution in [0.3, 0.4) is 0 Å². The number of esters is 1. The van der Waals surface area contributed by atoms with E-state index in [2.05, 4.69) is 56.4 Å². The highest BCUT2D eigenvalue weighted by Gasteiger charge is 2.25. The highest BCUT2D eigenvalue weighted by atomic mass is 32.2. The Hall–Kier alpha value is -2.60. The van der Waals surface area contributed by atoms with Crippen LogP contribution in [0.5, 0.6) is 0 Å². The first kappa shape index (κ1) is 17.8. The van der Waals surface area contributed by atoms with Gasteiger partial charge in [0.1, 0.15) is 5.82 Å². The minimum absolute atomic E-state index is 0.223. The monoisotopic (exact) mass is 379 g/mol. The predicted molar refractivity (Wildman–Crippen MR) is 109 cm³/mol. The van der Waals surface area contributed by atoms with Gasteiger partial charge in [-0.2, -0.15) is 0 Å². The lowest BCUT2D eigenvalue weighted by Gasteiger charge is -2.13. The highest BCUT2D eigenvalue weighted by Crippen LogP contribution is 2.44. The van der Waals surface area contributed by atoms with Crippen molar-refractivity contribution in [3.8, 4) is 0 Å². The van der Waals surface area contributed by atoms with Crippen molar-refractivity contribution in [3.63, 3.8) is 0 Å². The van der Waals surface area contributed by atoms with Gasteiger partial charge in [0.25, 0.3) is 0 Å². The van der Waals surface area contributed by atoms with Crippen LogP contribution in [-0.2, 0) is 9.53 Å². The molecular weight excluding hydrogens is 358 g/mol. The Morgan fingerprint density at radius 3 is 2.78 bits per heavy atom. The van der Waals surface area contributed by atoms with Crippen molar-refractivity contribution in [1.82, 2.24) is 9.97 Å². The van der Waals surface area contributed by atoms with E-state index in [-0.39, 0.29) is 5.97 Å². The van der Waals surface area contributed by atoms with Crippen LogP contribution in [0.2, 0.25) is 0 Å². The molecule has 3 aromatic rings. The van der Waals surface area contributed by atoms with E-state index in [4.69, 9.17) is 0 Å². The van der Waals surface area contributed by atoms with Gasteiger partial charge in [0.2, 0.25) is 0 Å². The number of aromatic nitrogens is 2. The van der Waals surface area contributed by atoms with Crippen LogP contribution >= 0.6 is 11.8 Å². The number of carbonyl (C=O) groups excluding carboxylic acids is 1. The highest BCUT2D eigenvalue weighted by molar-refractivity contribution is 7.99. The molecule has 1 fully saturated rings. The molecule has 1 heterocycles. The first-order chi connectivity index (χ1) is 13.2. The van der Waals surface area contributed by atoms with E-state index < -0.39 is 0 Å². The summed E-state index contributed by atoms with van der Waals surface area (Å²) in [6, 6.07) is 14.7. The van der Waals surface area contributed by atoms with Crippen LogP contribution in [0.4, 0.5) is 11.5 Å². The molecule has 0 unspecified atom stereocenters. The lowest BCUT2D eigenvalue weighted by molar-refractivity contribution is -0.140. The van der Waals surface area contributed by atoms with Crippen molar-refractivity contribution in [2.75, 3.05) is 18.2 Å². The van der Waals surface area contributed by atoms with Gasteiger partial charge >= 0.3 is 5.97 Å². The molecule has 1 saturated carbocycles. The van der Waals surface area contributed by atoms with Gasteiger partial charge in [-0.05, 0) is 41.8 Å². The maximum atomic E-state index is 11.2. The molecule has 0 radical (unpaired) electrons. The molecule has 27 heavy (non-hydrogen) atoms. The number of carbonyl (C=O) groups is 1. The predicted octanol–water partition coefficient (Wildman–Crippen LogP) is 4.91. The molecule has 138 valence electrons. The number of nitrogens with one attached hydrogen (secondary N) is 1. The van der Waals surface area contributed by atoms with Crippen LogP contribution in [0.1, 0.15) is 30.7 Å². The van der Waals surface area contributed by atoms with Gasteiger partial charge in [-0.3, -0.25) is 4.79 Å². The molecule has 5 nitrogen and oxygen atoms in total. The molecule has 0 aliphatic heterocycles. The number of anilines is 2. The molecule has 1 aliphatic rings. The zero-order chi connectivity index (χ0) is 18.6. The lowest BCUT2D eigenvalue weighted by atomic mass is 9.99. The van der Waals surface area contributed by atoms with Gasteiger partial charge in [0.05, 0.1) is 13.5 Å². The van der Waals surface area contributed by atoms with E-state index in [1.165, 1.54) is 48.0 Å². The van der Waals surface area contributed by atoms with Gasteiger partial charge in [-0.25, -0.2) is 9.97 Å². The number of hydrogen-bond donors (Lipinski definition) is 1. The zero-order valence-electron chi connectivity index (χ0n) is 15.1. The summed E-state index contributed by atoms with van der Waals surface area (Å²) in [6.07, 6.45) is 4.65. The summed E-state index contributed by atoms with van der Waals surface area (Å²) in [6.45, 7) is 0. The summed E-state index contributed by atoms with van der Waals surface area (Å²) >= 11 is 1.44. The van der Waals surface area contributed by atoms with Crippen molar-refractivity contribution in [1.29, 1.82) is 0 Å². The summed E-state index contributed by atoms with van der Waals surface area (Å²) in [7, 11) is 1.40. The van der Waals surface area contributed by atoms with Crippen molar-refractivity contribution >= 4 is 40.0 Å². The van der Waals surface area contributed by atoms with E-state index in [0.717, 1.165) is 11.5 Å². The number of benzene rings is 2. The average Bonchev–Trinajstić information content (AvgIpc) is 3.53. The third-order valence-electron chi connectivity index (χ3n) is 4.64. The molecule has 2 aromatic carbocycles. The Morgan fingerprint density at radius 2 is 2.00 bits per heavy atom. The number of hydrogen-bond acceptors (Lipinski definition) is 6. The van der Waals surface area contributed by atoms with Crippen molar-refractivity contribution in [2.24, 2.45) is 0 Å². The maximum absolute atomic E-state index is 11.2. The van der Waals surface area contributed by atoms with Gasteiger partial charge in [-0.1, -0.05) is 42.1 Å². The van der Waals surface area contributed by atoms with E-state index in [1.807, 2.05) is 6.07 Å². The summed E-state index contributed by atoms with van der Waals surface area (Å²) in [5.41, 5.74) is 2.48. The molecular formula is C21H21N3O2S. The van der Waals surface area contributed by atoms with Gasteiger partial charge in [0, 0.05) is 23.0 Å². The molecule has 0 saturated heterocycles. The standard InChI is InChI=1S/C21H21N3O2S/c1-26-20(25)11-13-27-21-22-12-10-19(24-21)23-18-9-8-15(14-6-7-14)16-4-2-3-5-17(16)18/h2-5,8-10,12,14H,6-7,11,13H2,1H3,(H,22,23,24). The first-order valence-corrected chi connectivity index (χ1v) is 10.0. The number of ether oxygens (including phenoxy) is 1. The smallest absolute Gasteiger partial charge is 0.306 e. The Kier molecular flexibility index (Phi) is 5.25. The normalized spacial score (nSPS) is 13.5. The second kappa shape index (κ2) is 7.96. The summed E-state index contributed by atoms with van der Waals surface area (Å²) in [5.74, 6) is 1.82. The Labute approximate surface area is 162 Å². The van der Waals surface area contributed by atoms with E-state index in [1.54, 1.807) is 6.20 Å². The summed E-state index contributed by atoms with van der Waals surface area (Å²) in [5, 5.41) is 6.59. The SMILES string of the molecule is COC(=O)CCSc1nccc(Nc2ccc(C3CC3)c3ccccc23)n1. The fraction of sp³-hybridized carbons (Fsp3) is 0.286. The number of nitrogens with zero attached hydrogens (tertiary/aromatic N) is 2. The summed E-state index contributed by atoms with van der Waals surface area (Å²) in [4.78, 5) is 20.1. The number of methoxy groups -OCH3 is 1. The molecule has 0 amide bonds. The van der Waals surface area contributed by atoms with E-state index in [0.29, 0.717) is 23.2 Å². The second-order valence-corrected chi connectivity index (χ2v) is 7.61. The zero-order valence-corrected chi connectivity index (χ0v) is 16.0. The van der Waals surface area contributed by atoms with E-state index in [9.17, 15) is 4.79 Å². The Bertz CT molecular complexity index is 973. The van der Waals surface area contributed by atoms with Crippen molar-refractivity contribution < 1.29 is 9.53 Å². The molecule has 1 aromatic heterocycles. The van der Waals surface area contributed by atoms with Crippen LogP contribution in [0.25, 0.3) is 10.8 Å². The average molecular weight is 379 g/mol. The van der Waals surface area contributed by atoms with Crippen LogP contribution in [0, 0.1) is 0 Å². The Balaban J connectivity index is 1.53. The topological polar surface area (TPSA) is 64.1 Å². The minimum atomic E-state index is -0.223. The largest absolute Gasteiger partial charge is 0.469 e. The molecule has 0 atom stereocenters. The third kappa shape index (κ3) is 4.22. The first-order valence-electron chi connectivity index (χ1n) is 9.06. The van der Waals surface area contributed by atoms with Crippen molar-refractivity contribution in [3.05, 3.63) is 54.2 Å². The molecule has 1 N–H and O–H groups in total. The second-order valence-electron chi connectivity index (χ2n) is 6.55. The van der Waals surface area contributed by atoms with Crippen LogP contribution in [-0.4, -0.2) is 28.8 Å². The van der Waals surface area contributed by atoms with Gasteiger partial charge < -0.3 is 10.1 Å². The van der Waals surface area contributed by atoms with E-state index >= 15 is 0 Å². The van der Waals surface area contributed by atoms with Gasteiger partial charge in [0.15, 0.2) is 5.16 Å². The van der Waals surface area contributed by atoms with Crippen molar-refractivity contribution in [2.45, 2.75) is 30.3 Å². The quantitative estimate of drug-likeness (QED) is 0.358. The molecule has 1 aliphatic carbocycles.